The molecule has 1 heterocycles. The summed E-state index contributed by atoms with van der Waals surface area (Å²) in [5, 5.41) is 0. The van der Waals surface area contributed by atoms with Crippen LogP contribution < -0.4 is 0 Å². The van der Waals surface area contributed by atoms with Crippen LogP contribution in [0, 0.1) is 0 Å². The lowest BCUT2D eigenvalue weighted by Crippen LogP contribution is -2.33. The predicted octanol–water partition coefficient (Wildman–Crippen LogP) is 2.19. The Hall–Kier alpha value is -0.760. The van der Waals surface area contributed by atoms with Crippen molar-refractivity contribution in [3.05, 3.63) is 24.5 Å². The van der Waals surface area contributed by atoms with Crippen molar-refractivity contribution >= 4 is 0 Å². The minimum atomic E-state index is 0.389. The van der Waals surface area contributed by atoms with E-state index in [9.17, 15) is 0 Å². The van der Waals surface area contributed by atoms with E-state index >= 15 is 0 Å². The van der Waals surface area contributed by atoms with Crippen LogP contribution in [0.25, 0.3) is 0 Å². The van der Waals surface area contributed by atoms with Gasteiger partial charge in [0.05, 0.1) is 0 Å². The summed E-state index contributed by atoms with van der Waals surface area (Å²) in [6.07, 6.45) is 6.38. The van der Waals surface area contributed by atoms with Crippen LogP contribution >= 0.6 is 0 Å². The monoisotopic (exact) mass is 181 g/mol. The van der Waals surface area contributed by atoms with E-state index in [1.165, 1.54) is 0 Å². The third-order valence-corrected chi connectivity index (χ3v) is 2.45. The first-order valence-electron chi connectivity index (χ1n) is 4.90. The number of hydrogen-bond donors (Lipinski definition) is 0. The molecule has 0 aromatic rings. The third-order valence-electron chi connectivity index (χ3n) is 2.45. The molecule has 2 nitrogen and oxygen atoms in total. The first kappa shape index (κ1) is 10.3. The SMILES string of the molecule is C=C/C(=C\C)OC1CCN(C)CC1. The maximum atomic E-state index is 5.75. The zero-order chi connectivity index (χ0) is 9.68. The lowest BCUT2D eigenvalue weighted by Gasteiger charge is -2.29. The molecule has 0 saturated carbocycles. The predicted molar refractivity (Wildman–Crippen MR) is 55.6 cm³/mol. The van der Waals surface area contributed by atoms with Crippen LogP contribution in [0.5, 0.6) is 0 Å². The van der Waals surface area contributed by atoms with Crippen LogP contribution in [0.3, 0.4) is 0 Å². The zero-order valence-corrected chi connectivity index (χ0v) is 8.62. The molecule has 0 spiro atoms. The quantitative estimate of drug-likeness (QED) is 0.489. The molecule has 0 aromatic heterocycles. The molecule has 1 saturated heterocycles. The van der Waals surface area contributed by atoms with Gasteiger partial charge >= 0.3 is 0 Å². The molecular weight excluding hydrogens is 162 g/mol. The van der Waals surface area contributed by atoms with E-state index in [0.717, 1.165) is 31.7 Å². The Morgan fingerprint density at radius 2 is 2.08 bits per heavy atom. The third kappa shape index (κ3) is 3.23. The first-order chi connectivity index (χ1) is 6.26. The zero-order valence-electron chi connectivity index (χ0n) is 8.62. The van der Waals surface area contributed by atoms with Gasteiger partial charge in [-0.25, -0.2) is 0 Å². The molecule has 0 aromatic carbocycles. The van der Waals surface area contributed by atoms with E-state index in [1.54, 1.807) is 6.08 Å². The molecule has 0 amide bonds. The van der Waals surface area contributed by atoms with Gasteiger partial charge in [-0.2, -0.15) is 0 Å². The highest BCUT2D eigenvalue weighted by Gasteiger charge is 2.17. The number of rotatable bonds is 3. The van der Waals surface area contributed by atoms with Gasteiger partial charge in [-0.1, -0.05) is 6.58 Å². The highest BCUT2D eigenvalue weighted by Crippen LogP contribution is 2.15. The van der Waals surface area contributed by atoms with Gasteiger partial charge in [0.1, 0.15) is 11.9 Å². The van der Waals surface area contributed by atoms with Crippen LogP contribution in [0.15, 0.2) is 24.5 Å². The molecule has 1 aliphatic heterocycles. The van der Waals surface area contributed by atoms with Gasteiger partial charge in [-0.3, -0.25) is 0 Å². The maximum Gasteiger partial charge on any atom is 0.114 e. The van der Waals surface area contributed by atoms with Crippen molar-refractivity contribution in [3.8, 4) is 0 Å². The van der Waals surface area contributed by atoms with E-state index in [0.29, 0.717) is 6.10 Å². The highest BCUT2D eigenvalue weighted by molar-refractivity contribution is 5.07. The van der Waals surface area contributed by atoms with Crippen molar-refractivity contribution in [2.24, 2.45) is 0 Å². The first-order valence-corrected chi connectivity index (χ1v) is 4.90. The van der Waals surface area contributed by atoms with Crippen molar-refractivity contribution < 1.29 is 4.74 Å². The Bertz CT molecular complexity index is 190. The second-order valence-electron chi connectivity index (χ2n) is 3.52. The van der Waals surface area contributed by atoms with E-state index in [1.807, 2.05) is 13.0 Å². The van der Waals surface area contributed by atoms with Crippen LogP contribution in [-0.2, 0) is 4.74 Å². The molecule has 0 atom stereocenters. The van der Waals surface area contributed by atoms with Gasteiger partial charge in [-0.15, -0.1) is 0 Å². The van der Waals surface area contributed by atoms with E-state index in [4.69, 9.17) is 4.74 Å². The Balaban J connectivity index is 2.33. The maximum absolute atomic E-state index is 5.75. The van der Waals surface area contributed by atoms with E-state index < -0.39 is 0 Å². The molecule has 1 rings (SSSR count). The Labute approximate surface area is 80.9 Å². The van der Waals surface area contributed by atoms with Crippen LogP contribution in [0.1, 0.15) is 19.8 Å². The molecule has 0 N–H and O–H groups in total. The average Bonchev–Trinajstić information content (AvgIpc) is 2.17. The fraction of sp³-hybridized carbons (Fsp3) is 0.636. The molecule has 1 fully saturated rings. The van der Waals surface area contributed by atoms with Crippen LogP contribution in [-0.4, -0.2) is 31.1 Å². The lowest BCUT2D eigenvalue weighted by molar-refractivity contribution is 0.0640. The molecule has 0 bridgehead atoms. The van der Waals surface area contributed by atoms with Gasteiger partial charge < -0.3 is 9.64 Å². The van der Waals surface area contributed by atoms with Gasteiger partial charge in [0.25, 0.3) is 0 Å². The summed E-state index contributed by atoms with van der Waals surface area (Å²) >= 11 is 0. The fourth-order valence-electron chi connectivity index (χ4n) is 1.53. The molecule has 0 aliphatic carbocycles. The standard InChI is InChI=1S/C11H19NO/c1-4-10(5-2)13-11-6-8-12(3)9-7-11/h4-5,11H,1,6-9H2,2-3H3/b10-5+. The molecule has 74 valence electrons. The van der Waals surface area contributed by atoms with Crippen molar-refractivity contribution in [2.45, 2.75) is 25.9 Å². The summed E-state index contributed by atoms with van der Waals surface area (Å²) in [4.78, 5) is 2.34. The van der Waals surface area contributed by atoms with E-state index in [-0.39, 0.29) is 0 Å². The largest absolute Gasteiger partial charge is 0.491 e. The molecule has 0 unspecified atom stereocenters. The second-order valence-corrected chi connectivity index (χ2v) is 3.52. The van der Waals surface area contributed by atoms with Crippen molar-refractivity contribution in [1.29, 1.82) is 0 Å². The number of piperidine rings is 1. The summed E-state index contributed by atoms with van der Waals surface area (Å²) in [6, 6.07) is 0. The number of likely N-dealkylation sites (tertiary alicyclic amines) is 1. The van der Waals surface area contributed by atoms with Crippen LogP contribution in [0.2, 0.25) is 0 Å². The van der Waals surface area contributed by atoms with Gasteiger partial charge in [-0.05, 0) is 39.0 Å². The summed E-state index contributed by atoms with van der Waals surface area (Å²) in [6.45, 7) is 7.96. The summed E-state index contributed by atoms with van der Waals surface area (Å²) in [7, 11) is 2.15. The number of ether oxygens (including phenoxy) is 1. The van der Waals surface area contributed by atoms with Crippen molar-refractivity contribution in [2.75, 3.05) is 20.1 Å². The van der Waals surface area contributed by atoms with Gasteiger partial charge in [0.2, 0.25) is 0 Å². The number of nitrogens with zero attached hydrogens (tertiary/aromatic N) is 1. The average molecular weight is 181 g/mol. The van der Waals surface area contributed by atoms with E-state index in [2.05, 4.69) is 18.5 Å². The van der Waals surface area contributed by atoms with Crippen molar-refractivity contribution in [1.82, 2.24) is 4.90 Å². The summed E-state index contributed by atoms with van der Waals surface area (Å²) in [5.74, 6) is 0.912. The molecule has 2 heteroatoms. The van der Waals surface area contributed by atoms with Crippen LogP contribution in [0.4, 0.5) is 0 Å². The molecule has 0 radical (unpaired) electrons. The second kappa shape index (κ2) is 5.07. The Morgan fingerprint density at radius 1 is 1.46 bits per heavy atom. The van der Waals surface area contributed by atoms with Gasteiger partial charge in [0, 0.05) is 13.1 Å². The number of hydrogen-bond acceptors (Lipinski definition) is 2. The Kier molecular flexibility index (Phi) is 4.03. The molecule has 1 aliphatic rings. The minimum Gasteiger partial charge on any atom is -0.491 e. The fourth-order valence-corrected chi connectivity index (χ4v) is 1.53. The Morgan fingerprint density at radius 3 is 2.54 bits per heavy atom. The lowest BCUT2D eigenvalue weighted by atomic mass is 10.1. The minimum absolute atomic E-state index is 0.389. The van der Waals surface area contributed by atoms with Crippen molar-refractivity contribution in [3.63, 3.8) is 0 Å². The topological polar surface area (TPSA) is 12.5 Å². The normalized spacial score (nSPS) is 21.5. The molecule has 13 heavy (non-hydrogen) atoms. The highest BCUT2D eigenvalue weighted by atomic mass is 16.5. The smallest absolute Gasteiger partial charge is 0.114 e. The molecular formula is C11H19NO. The van der Waals surface area contributed by atoms with Gasteiger partial charge in [0.15, 0.2) is 0 Å². The number of allylic oxidation sites excluding steroid dienone is 2. The summed E-state index contributed by atoms with van der Waals surface area (Å²) < 4.78 is 5.75. The summed E-state index contributed by atoms with van der Waals surface area (Å²) in [5.41, 5.74) is 0.